The van der Waals surface area contributed by atoms with Crippen LogP contribution in [0.15, 0.2) is 90.5 Å². The van der Waals surface area contributed by atoms with Gasteiger partial charge < -0.3 is 33.6 Å². The van der Waals surface area contributed by atoms with E-state index in [1.165, 1.54) is 22.8 Å². The standard InChI is InChI=1S/C12H9N.C6H4F3.C5H5F.2ClH.Ti/c1-2-6-11-9(4-1)8-10-5-3-7-13-12(10)11;7-4-1-5(8)3-6(9)2-4;6-5-3-1-2-4-5;;;/h1-7H,8H2;1-2H,3H2;1,3-4H,2H2;2*1H;/q;-1;;;;+3/p-2. The van der Waals surface area contributed by atoms with Crippen molar-refractivity contribution in [2.24, 2.45) is 0 Å². The Hall–Kier alpha value is -1.79. The van der Waals surface area contributed by atoms with Crippen molar-refractivity contribution in [1.29, 1.82) is 0 Å². The molecule has 1 aromatic carbocycles. The molecule has 8 heteroatoms. The maximum Gasteiger partial charge on any atom is 3.00 e. The van der Waals surface area contributed by atoms with E-state index in [0.717, 1.165) is 18.5 Å². The second-order valence-electron chi connectivity index (χ2n) is 6.32. The Morgan fingerprint density at radius 1 is 0.903 bits per heavy atom. The molecular weight excluding hydrogens is 485 g/mol. The first-order chi connectivity index (χ1) is 13.5. The number of halogens is 6. The molecule has 0 saturated heterocycles. The van der Waals surface area contributed by atoms with Crippen molar-refractivity contribution in [1.82, 2.24) is 4.98 Å². The number of hydrogen-bond acceptors (Lipinski definition) is 1. The van der Waals surface area contributed by atoms with Crippen molar-refractivity contribution in [3.63, 3.8) is 0 Å². The zero-order valence-corrected chi connectivity index (χ0v) is 19.3. The normalized spacial score (nSPS) is 14.3. The number of hydrogen-bond donors (Lipinski definition) is 0. The minimum Gasteiger partial charge on any atom is -1.00 e. The van der Waals surface area contributed by atoms with E-state index < -0.39 is 24.2 Å². The molecule has 3 aliphatic rings. The van der Waals surface area contributed by atoms with Crippen molar-refractivity contribution >= 4 is 0 Å². The fraction of sp³-hybridized carbons (Fsp3) is 0.130. The van der Waals surface area contributed by atoms with Crippen LogP contribution in [0.5, 0.6) is 0 Å². The van der Waals surface area contributed by atoms with Gasteiger partial charge in [0.05, 0.1) is 11.5 Å². The van der Waals surface area contributed by atoms with E-state index in [4.69, 9.17) is 0 Å². The number of fused-ring (bicyclic) bond motifs is 3. The molecule has 0 spiro atoms. The molecule has 0 aliphatic heterocycles. The molecule has 31 heavy (non-hydrogen) atoms. The summed E-state index contributed by atoms with van der Waals surface area (Å²) in [4.78, 5) is 4.40. The fourth-order valence-corrected chi connectivity index (χ4v) is 2.97. The Balaban J connectivity index is 0.000000445. The van der Waals surface area contributed by atoms with Crippen molar-refractivity contribution < 1.29 is 64.1 Å². The van der Waals surface area contributed by atoms with Gasteiger partial charge in [-0.05, 0) is 54.2 Å². The average Bonchev–Trinajstić information content (AvgIpc) is 3.28. The molecular formula is C23H18Cl2F4NTi. The summed E-state index contributed by atoms with van der Waals surface area (Å²) >= 11 is 0. The summed E-state index contributed by atoms with van der Waals surface area (Å²) in [6.07, 6.45) is 8.63. The van der Waals surface area contributed by atoms with Crippen molar-refractivity contribution in [3.05, 3.63) is 108 Å². The molecule has 1 aromatic heterocycles. The first-order valence-electron chi connectivity index (χ1n) is 8.82. The topological polar surface area (TPSA) is 12.9 Å². The van der Waals surface area contributed by atoms with Crippen LogP contribution in [0.4, 0.5) is 17.6 Å². The summed E-state index contributed by atoms with van der Waals surface area (Å²) in [6.45, 7) is 0. The number of nitrogens with zero attached hydrogens (tertiary/aromatic N) is 1. The summed E-state index contributed by atoms with van der Waals surface area (Å²) in [6, 6.07) is 12.6. The molecule has 161 valence electrons. The van der Waals surface area contributed by atoms with Gasteiger partial charge in [-0.2, -0.15) is 6.08 Å². The zero-order valence-electron chi connectivity index (χ0n) is 16.3. The quantitative estimate of drug-likeness (QED) is 0.254. The van der Waals surface area contributed by atoms with Gasteiger partial charge in [-0.1, -0.05) is 42.5 Å². The van der Waals surface area contributed by atoms with Gasteiger partial charge in [0.2, 0.25) is 0 Å². The fourth-order valence-electron chi connectivity index (χ4n) is 2.97. The maximum absolute atomic E-state index is 12.0. The molecule has 2 aromatic rings. The summed E-state index contributed by atoms with van der Waals surface area (Å²) in [5.74, 6) is -1.74. The molecule has 0 amide bonds. The van der Waals surface area contributed by atoms with Gasteiger partial charge in [0.1, 0.15) is 5.83 Å². The van der Waals surface area contributed by atoms with E-state index in [1.807, 2.05) is 12.3 Å². The predicted molar refractivity (Wildman–Crippen MR) is 103 cm³/mol. The number of rotatable bonds is 0. The zero-order chi connectivity index (χ0) is 19.9. The first kappa shape index (κ1) is 29.2. The monoisotopic (exact) mass is 502 g/mol. The van der Waals surface area contributed by atoms with Gasteiger partial charge in [0.15, 0.2) is 0 Å². The van der Waals surface area contributed by atoms with Crippen LogP contribution < -0.4 is 24.8 Å². The van der Waals surface area contributed by atoms with Crippen molar-refractivity contribution in [2.45, 2.75) is 19.3 Å². The van der Waals surface area contributed by atoms with E-state index >= 15 is 0 Å². The van der Waals surface area contributed by atoms with Crippen LogP contribution in [-0.2, 0) is 28.1 Å². The van der Waals surface area contributed by atoms with Crippen LogP contribution in [0.1, 0.15) is 24.0 Å². The second kappa shape index (κ2) is 14.3. The minimum atomic E-state index is -0.865. The molecule has 0 unspecified atom stereocenters. The second-order valence-corrected chi connectivity index (χ2v) is 6.32. The molecule has 0 N–H and O–H groups in total. The smallest absolute Gasteiger partial charge is 1.00 e. The van der Waals surface area contributed by atoms with Gasteiger partial charge >= 0.3 is 21.7 Å². The number of allylic oxidation sites excluding steroid dienone is 8. The largest absolute Gasteiger partial charge is 3.00 e. The first-order valence-corrected chi connectivity index (χ1v) is 8.82. The van der Waals surface area contributed by atoms with E-state index in [1.54, 1.807) is 12.2 Å². The van der Waals surface area contributed by atoms with Crippen molar-refractivity contribution in [3.8, 4) is 11.3 Å². The molecule has 3 aliphatic carbocycles. The number of pyridine rings is 1. The number of benzene rings is 1. The van der Waals surface area contributed by atoms with Crippen LogP contribution in [0.3, 0.4) is 0 Å². The van der Waals surface area contributed by atoms with Gasteiger partial charge in [-0.3, -0.25) is 4.98 Å². The van der Waals surface area contributed by atoms with Crippen LogP contribution in [0.25, 0.3) is 11.3 Å². The van der Waals surface area contributed by atoms with Crippen LogP contribution in [0, 0.1) is 6.17 Å². The van der Waals surface area contributed by atoms with E-state index in [9.17, 15) is 17.6 Å². The van der Waals surface area contributed by atoms with Gasteiger partial charge in [-0.25, -0.2) is 8.78 Å². The molecule has 1 radical (unpaired) electrons. The van der Waals surface area contributed by atoms with Gasteiger partial charge in [0.25, 0.3) is 0 Å². The third-order valence-corrected chi connectivity index (χ3v) is 4.20. The molecule has 0 fully saturated rings. The van der Waals surface area contributed by atoms with Crippen LogP contribution >= 0.6 is 0 Å². The molecule has 1 heterocycles. The summed E-state index contributed by atoms with van der Waals surface area (Å²) in [5.41, 5.74) is 5.22. The Morgan fingerprint density at radius 3 is 2.19 bits per heavy atom. The summed E-state index contributed by atoms with van der Waals surface area (Å²) in [5, 5.41) is 0. The molecule has 1 nitrogen and oxygen atoms in total. The predicted octanol–water partition coefficient (Wildman–Crippen LogP) is 1.06. The van der Waals surface area contributed by atoms with Gasteiger partial charge in [0, 0.05) is 18.2 Å². The maximum atomic E-state index is 12.0. The molecule has 0 bridgehead atoms. The third-order valence-electron chi connectivity index (χ3n) is 4.20. The Labute approximate surface area is 206 Å². The summed E-state index contributed by atoms with van der Waals surface area (Å²) in [7, 11) is 0. The third kappa shape index (κ3) is 8.70. The SMILES string of the molecule is FC1=CCC=C1.FC1=C[C-](F)CC(F)=C1.[Cl-].[Cl-].[Ti+3].c1ccc2c(c1)Cc1cccnc1-2. The van der Waals surface area contributed by atoms with Crippen LogP contribution in [-0.4, -0.2) is 4.98 Å². The molecule has 0 atom stereocenters. The Bertz CT molecular complexity index is 927. The Kier molecular flexibility index (Phi) is 13.5. The Morgan fingerprint density at radius 2 is 1.61 bits per heavy atom. The molecule has 0 saturated carbocycles. The van der Waals surface area contributed by atoms with E-state index in [2.05, 4.69) is 35.3 Å². The number of aromatic nitrogens is 1. The molecule has 5 rings (SSSR count). The minimum absolute atomic E-state index is 0. The average molecular weight is 503 g/mol. The van der Waals surface area contributed by atoms with Crippen molar-refractivity contribution in [2.75, 3.05) is 0 Å². The van der Waals surface area contributed by atoms with E-state index in [-0.39, 0.29) is 52.4 Å². The van der Waals surface area contributed by atoms with E-state index in [0.29, 0.717) is 12.2 Å². The van der Waals surface area contributed by atoms with Gasteiger partial charge in [-0.15, -0.1) is 0 Å². The van der Waals surface area contributed by atoms with Crippen LogP contribution in [0.2, 0.25) is 0 Å². The summed E-state index contributed by atoms with van der Waals surface area (Å²) < 4.78 is 47.7.